The van der Waals surface area contributed by atoms with Gasteiger partial charge in [0.15, 0.2) is 9.84 Å². The molecule has 0 radical (unpaired) electrons. The van der Waals surface area contributed by atoms with E-state index in [1.165, 1.54) is 19.2 Å². The Morgan fingerprint density at radius 1 is 1.32 bits per heavy atom. The van der Waals surface area contributed by atoms with Crippen molar-refractivity contribution in [2.45, 2.75) is 50.7 Å². The summed E-state index contributed by atoms with van der Waals surface area (Å²) in [6.07, 6.45) is 1.64. The summed E-state index contributed by atoms with van der Waals surface area (Å²) in [5.74, 6) is 0.193. The molecule has 1 rings (SSSR count). The number of hydrogen-bond acceptors (Lipinski definition) is 5. The van der Waals surface area contributed by atoms with Crippen molar-refractivity contribution in [3.63, 3.8) is 0 Å². The number of pyridine rings is 1. The Balaban J connectivity index is 3.01. The van der Waals surface area contributed by atoms with Gasteiger partial charge in [-0.15, -0.1) is 0 Å². The molecule has 0 aromatic carbocycles. The van der Waals surface area contributed by atoms with E-state index in [0.29, 0.717) is 5.69 Å². The van der Waals surface area contributed by atoms with Crippen molar-refractivity contribution in [2.24, 2.45) is 0 Å². The molecule has 8 heteroatoms. The van der Waals surface area contributed by atoms with Gasteiger partial charge in [0.05, 0.1) is 22.9 Å². The third-order valence-corrected chi connectivity index (χ3v) is 3.87. The van der Waals surface area contributed by atoms with E-state index in [1.807, 2.05) is 20.8 Å². The zero-order chi connectivity index (χ0) is 17.1. The largest absolute Gasteiger partial charge is 0.489 e. The summed E-state index contributed by atoms with van der Waals surface area (Å²) in [5.41, 5.74) is -0.0255. The van der Waals surface area contributed by atoms with Crippen LogP contribution in [0.25, 0.3) is 0 Å². The lowest BCUT2D eigenvalue weighted by molar-refractivity contribution is -0.164. The molecule has 1 aromatic heterocycles. The van der Waals surface area contributed by atoms with Crippen molar-refractivity contribution < 1.29 is 26.7 Å². The van der Waals surface area contributed by atoms with Crippen LogP contribution in [0.4, 0.5) is 8.78 Å². The standard InChI is InChI=1S/C14H21F2NO4S/c1-9(21-13(15)16)8-20-10-6-11(22(5,18)19)12(17-7-10)14(2,3)4/h6-7,9,13H,8H2,1-5H3/t9-/m1/s1. The number of hydrogen-bond donors (Lipinski definition) is 0. The lowest BCUT2D eigenvalue weighted by Crippen LogP contribution is -2.22. The number of aromatic nitrogens is 1. The lowest BCUT2D eigenvalue weighted by Gasteiger charge is -2.21. The minimum Gasteiger partial charge on any atom is -0.489 e. The zero-order valence-corrected chi connectivity index (χ0v) is 14.1. The SMILES string of the molecule is C[C@H](COc1cnc(C(C)(C)C)c(S(C)(=O)=O)c1)OC(F)F. The van der Waals surface area contributed by atoms with Crippen LogP contribution in [0.15, 0.2) is 17.2 Å². The molecule has 1 aromatic rings. The maximum atomic E-state index is 12.0. The van der Waals surface area contributed by atoms with Gasteiger partial charge in [0.1, 0.15) is 12.4 Å². The summed E-state index contributed by atoms with van der Waals surface area (Å²) in [7, 11) is -3.49. The van der Waals surface area contributed by atoms with Gasteiger partial charge in [0, 0.05) is 17.7 Å². The van der Waals surface area contributed by atoms with Gasteiger partial charge < -0.3 is 9.47 Å². The fourth-order valence-corrected chi connectivity index (χ4v) is 2.82. The highest BCUT2D eigenvalue weighted by Crippen LogP contribution is 2.29. The van der Waals surface area contributed by atoms with Crippen molar-refractivity contribution in [3.8, 4) is 5.75 Å². The highest BCUT2D eigenvalue weighted by molar-refractivity contribution is 7.90. The highest BCUT2D eigenvalue weighted by atomic mass is 32.2. The van der Waals surface area contributed by atoms with Gasteiger partial charge in [-0.2, -0.15) is 8.78 Å². The summed E-state index contributed by atoms with van der Waals surface area (Å²) in [5, 5.41) is 0. The molecule has 0 fully saturated rings. The molecule has 0 saturated heterocycles. The molecule has 1 atom stereocenters. The van der Waals surface area contributed by atoms with Crippen molar-refractivity contribution >= 4 is 9.84 Å². The predicted octanol–water partition coefficient (Wildman–Crippen LogP) is 2.79. The fourth-order valence-electron chi connectivity index (χ4n) is 1.78. The minimum atomic E-state index is -3.49. The summed E-state index contributed by atoms with van der Waals surface area (Å²) < 4.78 is 57.5. The van der Waals surface area contributed by atoms with Crippen LogP contribution < -0.4 is 4.74 Å². The molecule has 126 valence electrons. The summed E-state index contributed by atoms with van der Waals surface area (Å²) in [6, 6.07) is 1.36. The van der Waals surface area contributed by atoms with Crippen LogP contribution in [0.2, 0.25) is 0 Å². The third-order valence-electron chi connectivity index (χ3n) is 2.76. The number of nitrogens with zero attached hydrogens (tertiary/aromatic N) is 1. The van der Waals surface area contributed by atoms with Gasteiger partial charge in [-0.05, 0) is 6.92 Å². The lowest BCUT2D eigenvalue weighted by atomic mass is 9.91. The van der Waals surface area contributed by atoms with E-state index in [9.17, 15) is 17.2 Å². The van der Waals surface area contributed by atoms with Crippen LogP contribution in [0, 0.1) is 0 Å². The first kappa shape index (κ1) is 18.8. The van der Waals surface area contributed by atoms with Crippen molar-refractivity contribution in [2.75, 3.05) is 12.9 Å². The second kappa shape index (κ2) is 6.87. The number of alkyl halides is 2. The minimum absolute atomic E-state index is 0.0694. The summed E-state index contributed by atoms with van der Waals surface area (Å²) >= 11 is 0. The second-order valence-corrected chi connectivity index (χ2v) is 8.04. The first-order valence-electron chi connectivity index (χ1n) is 6.68. The van der Waals surface area contributed by atoms with Crippen LogP contribution in [0.5, 0.6) is 5.75 Å². The highest BCUT2D eigenvalue weighted by Gasteiger charge is 2.25. The number of ether oxygens (including phenoxy) is 2. The Bertz CT molecular complexity index is 612. The third kappa shape index (κ3) is 5.49. The van der Waals surface area contributed by atoms with E-state index in [4.69, 9.17) is 4.74 Å². The molecule has 0 bridgehead atoms. The zero-order valence-electron chi connectivity index (χ0n) is 13.3. The molecule has 0 spiro atoms. The molecule has 0 saturated carbocycles. The van der Waals surface area contributed by atoms with E-state index in [0.717, 1.165) is 6.26 Å². The summed E-state index contributed by atoms with van der Waals surface area (Å²) in [6.45, 7) is 3.96. The van der Waals surface area contributed by atoms with E-state index < -0.39 is 28.0 Å². The number of sulfone groups is 1. The molecule has 0 aliphatic heterocycles. The maximum Gasteiger partial charge on any atom is 0.345 e. The number of rotatable bonds is 6. The van der Waals surface area contributed by atoms with Gasteiger partial charge >= 0.3 is 6.61 Å². The van der Waals surface area contributed by atoms with Crippen molar-refractivity contribution in [3.05, 3.63) is 18.0 Å². The smallest absolute Gasteiger partial charge is 0.345 e. The first-order chi connectivity index (χ1) is 9.91. The fraction of sp³-hybridized carbons (Fsp3) is 0.643. The van der Waals surface area contributed by atoms with Gasteiger partial charge in [-0.1, -0.05) is 20.8 Å². The predicted molar refractivity (Wildman–Crippen MR) is 78.1 cm³/mol. The molecular weight excluding hydrogens is 316 g/mol. The number of halogens is 2. The molecule has 0 amide bonds. The topological polar surface area (TPSA) is 65.5 Å². The van der Waals surface area contributed by atoms with Crippen LogP contribution in [-0.4, -0.2) is 39.0 Å². The van der Waals surface area contributed by atoms with Gasteiger partial charge in [-0.3, -0.25) is 4.98 Å². The Hall–Kier alpha value is -1.28. The van der Waals surface area contributed by atoms with Crippen molar-refractivity contribution in [1.29, 1.82) is 0 Å². The van der Waals surface area contributed by atoms with Crippen molar-refractivity contribution in [1.82, 2.24) is 4.98 Å². The van der Waals surface area contributed by atoms with Gasteiger partial charge in [0.2, 0.25) is 0 Å². The van der Waals surface area contributed by atoms with E-state index >= 15 is 0 Å². The Labute approximate surface area is 129 Å². The van der Waals surface area contributed by atoms with E-state index in [1.54, 1.807) is 0 Å². The quantitative estimate of drug-likeness (QED) is 0.798. The second-order valence-electron chi connectivity index (χ2n) is 6.06. The Morgan fingerprint density at radius 2 is 1.91 bits per heavy atom. The summed E-state index contributed by atoms with van der Waals surface area (Å²) in [4.78, 5) is 4.23. The Kier molecular flexibility index (Phi) is 5.86. The molecule has 0 aliphatic rings. The molecule has 22 heavy (non-hydrogen) atoms. The average molecular weight is 337 g/mol. The monoisotopic (exact) mass is 337 g/mol. The van der Waals surface area contributed by atoms with Gasteiger partial charge in [-0.25, -0.2) is 8.42 Å². The van der Waals surface area contributed by atoms with Crippen LogP contribution in [-0.2, 0) is 20.0 Å². The molecule has 0 unspecified atom stereocenters. The van der Waals surface area contributed by atoms with Crippen LogP contribution >= 0.6 is 0 Å². The molecular formula is C14H21F2NO4S. The van der Waals surface area contributed by atoms with Crippen LogP contribution in [0.3, 0.4) is 0 Å². The average Bonchev–Trinajstić information content (AvgIpc) is 2.33. The Morgan fingerprint density at radius 3 is 2.36 bits per heavy atom. The first-order valence-corrected chi connectivity index (χ1v) is 8.57. The maximum absolute atomic E-state index is 12.0. The molecule has 5 nitrogen and oxygen atoms in total. The molecule has 1 heterocycles. The van der Waals surface area contributed by atoms with Gasteiger partial charge in [0.25, 0.3) is 0 Å². The van der Waals surface area contributed by atoms with E-state index in [2.05, 4.69) is 9.72 Å². The normalized spacial score (nSPS) is 14.2. The molecule has 0 N–H and O–H groups in total. The molecule has 0 aliphatic carbocycles. The van der Waals surface area contributed by atoms with E-state index in [-0.39, 0.29) is 17.3 Å². The van der Waals surface area contributed by atoms with Crippen LogP contribution in [0.1, 0.15) is 33.4 Å².